The highest BCUT2D eigenvalue weighted by atomic mass is 32.1. The number of benzene rings is 2. The van der Waals surface area contributed by atoms with Crippen molar-refractivity contribution >= 4 is 27.1 Å². The van der Waals surface area contributed by atoms with Crippen LogP contribution in [-0.4, -0.2) is 4.92 Å². The lowest BCUT2D eigenvalue weighted by molar-refractivity contribution is -0.384. The molecule has 0 saturated heterocycles. The van der Waals surface area contributed by atoms with E-state index in [9.17, 15) is 10.1 Å². The lowest BCUT2D eigenvalue weighted by atomic mass is 9.85. The summed E-state index contributed by atoms with van der Waals surface area (Å²) in [6.07, 6.45) is 0. The molecular formula is C18H17NO2S. The van der Waals surface area contributed by atoms with Gasteiger partial charge in [-0.2, -0.15) is 0 Å². The maximum absolute atomic E-state index is 11.5. The molecule has 0 aliphatic carbocycles. The molecule has 0 radical (unpaired) electrons. The van der Waals surface area contributed by atoms with Gasteiger partial charge in [0.05, 0.1) is 10.5 Å². The van der Waals surface area contributed by atoms with Crippen LogP contribution in [0.5, 0.6) is 0 Å². The third kappa shape index (κ3) is 2.50. The fraction of sp³-hybridized carbons (Fsp3) is 0.222. The first-order valence-electron chi connectivity index (χ1n) is 7.13. The number of hydrogen-bond acceptors (Lipinski definition) is 3. The Morgan fingerprint density at radius 3 is 2.45 bits per heavy atom. The smallest absolute Gasteiger partial charge is 0.258 e. The molecular weight excluding hydrogens is 294 g/mol. The van der Waals surface area contributed by atoms with Gasteiger partial charge in [-0.1, -0.05) is 45.0 Å². The van der Waals surface area contributed by atoms with Gasteiger partial charge in [-0.15, -0.1) is 11.3 Å². The zero-order valence-corrected chi connectivity index (χ0v) is 13.6. The van der Waals surface area contributed by atoms with E-state index in [4.69, 9.17) is 0 Å². The molecule has 112 valence electrons. The third-order valence-electron chi connectivity index (χ3n) is 3.83. The van der Waals surface area contributed by atoms with Crippen molar-refractivity contribution in [3.63, 3.8) is 0 Å². The molecule has 0 saturated carbocycles. The molecule has 3 nitrogen and oxygen atoms in total. The molecule has 0 bridgehead atoms. The van der Waals surface area contributed by atoms with Crippen molar-refractivity contribution in [3.8, 4) is 11.1 Å². The highest BCUT2D eigenvalue weighted by molar-refractivity contribution is 7.17. The van der Waals surface area contributed by atoms with Crippen LogP contribution in [0.2, 0.25) is 0 Å². The van der Waals surface area contributed by atoms with Crippen molar-refractivity contribution in [2.24, 2.45) is 0 Å². The van der Waals surface area contributed by atoms with E-state index in [2.05, 4.69) is 20.8 Å². The quantitative estimate of drug-likeness (QED) is 0.445. The Balaban J connectivity index is 2.25. The average molecular weight is 311 g/mol. The molecule has 2 aromatic carbocycles. The second-order valence-electron chi connectivity index (χ2n) is 6.38. The largest absolute Gasteiger partial charge is 0.277 e. The van der Waals surface area contributed by atoms with E-state index in [1.807, 2.05) is 41.8 Å². The van der Waals surface area contributed by atoms with Crippen LogP contribution in [0.15, 0.2) is 47.8 Å². The maximum Gasteiger partial charge on any atom is 0.277 e. The lowest BCUT2D eigenvalue weighted by Gasteiger charge is -2.19. The number of nitro benzene ring substituents is 1. The topological polar surface area (TPSA) is 43.1 Å². The normalized spacial score (nSPS) is 11.8. The lowest BCUT2D eigenvalue weighted by Crippen LogP contribution is -2.11. The molecule has 1 aromatic heterocycles. The zero-order chi connectivity index (χ0) is 15.9. The van der Waals surface area contributed by atoms with Gasteiger partial charge < -0.3 is 0 Å². The summed E-state index contributed by atoms with van der Waals surface area (Å²) in [5, 5.41) is 14.6. The van der Waals surface area contributed by atoms with Crippen molar-refractivity contribution in [1.82, 2.24) is 0 Å². The number of rotatable bonds is 2. The molecule has 3 rings (SSSR count). The van der Waals surface area contributed by atoms with E-state index in [1.54, 1.807) is 17.4 Å². The predicted octanol–water partition coefficient (Wildman–Crippen LogP) is 5.77. The van der Waals surface area contributed by atoms with Crippen molar-refractivity contribution in [2.75, 3.05) is 0 Å². The summed E-state index contributed by atoms with van der Waals surface area (Å²) in [7, 11) is 0. The van der Waals surface area contributed by atoms with E-state index in [0.717, 1.165) is 21.2 Å². The molecule has 0 N–H and O–H groups in total. The monoisotopic (exact) mass is 311 g/mol. The molecule has 1 heterocycles. The summed E-state index contributed by atoms with van der Waals surface area (Å²) >= 11 is 1.62. The van der Waals surface area contributed by atoms with Crippen LogP contribution in [0.4, 0.5) is 5.69 Å². The number of fused-ring (bicyclic) bond motifs is 1. The summed E-state index contributed by atoms with van der Waals surface area (Å²) in [6, 6.07) is 13.6. The highest BCUT2D eigenvalue weighted by Gasteiger charge is 2.22. The van der Waals surface area contributed by atoms with Crippen LogP contribution >= 0.6 is 11.3 Å². The second kappa shape index (κ2) is 5.21. The molecule has 0 unspecified atom stereocenters. The minimum atomic E-state index is -0.281. The minimum Gasteiger partial charge on any atom is -0.258 e. The SMILES string of the molecule is CC(C)(C)c1ccc(-c2csc3ccccc23)c([N+](=O)[O-])c1. The summed E-state index contributed by atoms with van der Waals surface area (Å²) < 4.78 is 1.15. The Labute approximate surface area is 133 Å². The zero-order valence-electron chi connectivity index (χ0n) is 12.8. The van der Waals surface area contributed by atoms with Crippen LogP contribution in [0.25, 0.3) is 21.2 Å². The Kier molecular flexibility index (Phi) is 3.49. The van der Waals surface area contributed by atoms with E-state index >= 15 is 0 Å². The van der Waals surface area contributed by atoms with Gasteiger partial charge in [0.1, 0.15) is 0 Å². The van der Waals surface area contributed by atoms with Crippen LogP contribution in [0.1, 0.15) is 26.3 Å². The molecule has 4 heteroatoms. The summed E-state index contributed by atoms with van der Waals surface area (Å²) in [5.41, 5.74) is 2.67. The fourth-order valence-corrected chi connectivity index (χ4v) is 3.52. The Bertz CT molecular complexity index is 859. The van der Waals surface area contributed by atoms with E-state index in [1.165, 1.54) is 0 Å². The molecule has 22 heavy (non-hydrogen) atoms. The molecule has 0 spiro atoms. The van der Waals surface area contributed by atoms with Gasteiger partial charge in [-0.25, -0.2) is 0 Å². The Morgan fingerprint density at radius 2 is 1.77 bits per heavy atom. The first-order valence-corrected chi connectivity index (χ1v) is 8.01. The van der Waals surface area contributed by atoms with Crippen molar-refractivity contribution < 1.29 is 4.92 Å². The van der Waals surface area contributed by atoms with Gasteiger partial charge in [0, 0.05) is 27.1 Å². The minimum absolute atomic E-state index is 0.111. The van der Waals surface area contributed by atoms with Crippen molar-refractivity contribution in [3.05, 3.63) is 63.5 Å². The van der Waals surface area contributed by atoms with E-state index in [0.29, 0.717) is 5.56 Å². The fourth-order valence-electron chi connectivity index (χ4n) is 2.56. The summed E-state index contributed by atoms with van der Waals surface area (Å²) in [6.45, 7) is 6.18. The van der Waals surface area contributed by atoms with Gasteiger partial charge in [-0.3, -0.25) is 10.1 Å². The van der Waals surface area contributed by atoms with Crippen LogP contribution in [0.3, 0.4) is 0 Å². The maximum atomic E-state index is 11.5. The molecule has 0 atom stereocenters. The molecule has 3 aromatic rings. The first kappa shape index (κ1) is 14.7. The Hall–Kier alpha value is -2.20. The number of nitro groups is 1. The first-order chi connectivity index (χ1) is 10.4. The predicted molar refractivity (Wildman–Crippen MR) is 92.6 cm³/mol. The van der Waals surface area contributed by atoms with E-state index in [-0.39, 0.29) is 16.0 Å². The average Bonchev–Trinajstić information content (AvgIpc) is 2.89. The number of thiophene rings is 1. The standard InChI is InChI=1S/C18H17NO2S/c1-18(2,3)12-8-9-13(16(10-12)19(20)21)15-11-22-17-7-5-4-6-14(15)17/h4-11H,1-3H3. The van der Waals surface area contributed by atoms with Gasteiger partial charge >= 0.3 is 0 Å². The van der Waals surface area contributed by atoms with Gasteiger partial charge in [0.25, 0.3) is 5.69 Å². The highest BCUT2D eigenvalue weighted by Crippen LogP contribution is 2.40. The number of hydrogen-bond donors (Lipinski definition) is 0. The van der Waals surface area contributed by atoms with Crippen LogP contribution in [-0.2, 0) is 5.41 Å². The molecule has 0 aliphatic heterocycles. The Morgan fingerprint density at radius 1 is 1.05 bits per heavy atom. The van der Waals surface area contributed by atoms with Crippen LogP contribution < -0.4 is 0 Å². The summed E-state index contributed by atoms with van der Waals surface area (Å²) in [5.74, 6) is 0. The van der Waals surface area contributed by atoms with Crippen molar-refractivity contribution in [1.29, 1.82) is 0 Å². The second-order valence-corrected chi connectivity index (χ2v) is 7.30. The van der Waals surface area contributed by atoms with Gasteiger partial charge in [-0.05, 0) is 23.1 Å². The number of nitrogens with zero attached hydrogens (tertiary/aromatic N) is 1. The third-order valence-corrected chi connectivity index (χ3v) is 4.80. The molecule has 0 aliphatic rings. The molecule has 0 fully saturated rings. The molecule has 0 amide bonds. The summed E-state index contributed by atoms with van der Waals surface area (Å²) in [4.78, 5) is 11.3. The van der Waals surface area contributed by atoms with Crippen molar-refractivity contribution in [2.45, 2.75) is 26.2 Å². The van der Waals surface area contributed by atoms with Gasteiger partial charge in [0.15, 0.2) is 0 Å². The van der Waals surface area contributed by atoms with Crippen LogP contribution in [0, 0.1) is 10.1 Å². The van der Waals surface area contributed by atoms with Gasteiger partial charge in [0.2, 0.25) is 0 Å². The van der Waals surface area contributed by atoms with E-state index < -0.39 is 0 Å².